The van der Waals surface area contributed by atoms with E-state index in [1.165, 1.54) is 9.80 Å². The fourth-order valence-corrected chi connectivity index (χ4v) is 3.85. The van der Waals surface area contributed by atoms with Gasteiger partial charge in [-0.05, 0) is 42.2 Å². The predicted molar refractivity (Wildman–Crippen MR) is 131 cm³/mol. The molecule has 182 valence electrons. The summed E-state index contributed by atoms with van der Waals surface area (Å²) in [5.41, 5.74) is 2.26. The van der Waals surface area contributed by atoms with Gasteiger partial charge >= 0.3 is 0 Å². The van der Waals surface area contributed by atoms with Gasteiger partial charge in [0.15, 0.2) is 0 Å². The Morgan fingerprint density at radius 2 is 1.91 bits per heavy atom. The van der Waals surface area contributed by atoms with Crippen LogP contribution >= 0.6 is 11.6 Å². The molecule has 8 nitrogen and oxygen atoms in total. The van der Waals surface area contributed by atoms with Crippen LogP contribution in [0.1, 0.15) is 24.5 Å². The molecule has 0 spiro atoms. The number of aryl methyl sites for hydroxylation is 1. The molecule has 0 fully saturated rings. The Kier molecular flexibility index (Phi) is 8.79. The van der Waals surface area contributed by atoms with Gasteiger partial charge in [-0.1, -0.05) is 48.9 Å². The molecule has 0 radical (unpaired) electrons. The first-order chi connectivity index (χ1) is 16.4. The van der Waals surface area contributed by atoms with Gasteiger partial charge in [-0.15, -0.1) is 0 Å². The summed E-state index contributed by atoms with van der Waals surface area (Å²) >= 11 is 6.06. The summed E-state index contributed by atoms with van der Waals surface area (Å²) < 4.78 is 6.37. The van der Waals surface area contributed by atoms with Crippen molar-refractivity contribution in [2.24, 2.45) is 0 Å². The maximum absolute atomic E-state index is 13.5. The zero-order valence-corrected chi connectivity index (χ0v) is 20.5. The van der Waals surface area contributed by atoms with Gasteiger partial charge in [0.1, 0.15) is 17.3 Å². The minimum Gasteiger partial charge on any atom is -0.452 e. The highest BCUT2D eigenvalue weighted by Gasteiger charge is 2.39. The van der Waals surface area contributed by atoms with E-state index >= 15 is 0 Å². The number of likely N-dealkylation sites (N-methyl/N-ethyl adjacent to an activating group) is 1. The molecule has 0 aliphatic carbocycles. The lowest BCUT2D eigenvalue weighted by atomic mass is 10.1. The minimum atomic E-state index is -0.731. The molecule has 1 aliphatic heterocycles. The fraction of sp³-hybridized carbons (Fsp3) is 0.360. The van der Waals surface area contributed by atoms with Gasteiger partial charge < -0.3 is 29.9 Å². The zero-order chi connectivity index (χ0) is 24.7. The quantitative estimate of drug-likeness (QED) is 0.475. The topological polar surface area (TPSA) is 85.3 Å². The number of hydrogen-bond donors (Lipinski definition) is 2. The van der Waals surface area contributed by atoms with Gasteiger partial charge in [0.25, 0.3) is 12.3 Å². The normalized spacial score (nSPS) is 15.2. The minimum absolute atomic E-state index is 0.0238. The molecule has 9 heteroatoms. The van der Waals surface area contributed by atoms with Crippen molar-refractivity contribution in [3.63, 3.8) is 0 Å². The number of rotatable bonds is 11. The van der Waals surface area contributed by atoms with Gasteiger partial charge in [-0.2, -0.15) is 0 Å². The third-order valence-corrected chi connectivity index (χ3v) is 5.88. The maximum Gasteiger partial charge on any atom is 0.273 e. The van der Waals surface area contributed by atoms with Crippen LogP contribution in [0.4, 0.5) is 0 Å². The molecule has 1 unspecified atom stereocenters. The lowest BCUT2D eigenvalue weighted by Crippen LogP contribution is -2.44. The van der Waals surface area contributed by atoms with Crippen LogP contribution < -0.4 is 10.1 Å². The van der Waals surface area contributed by atoms with E-state index < -0.39 is 6.35 Å². The summed E-state index contributed by atoms with van der Waals surface area (Å²) in [6, 6.07) is 15.1. The first kappa shape index (κ1) is 25.4. The second-order valence-electron chi connectivity index (χ2n) is 8.05. The fourth-order valence-electron chi connectivity index (χ4n) is 3.73. The first-order valence-electron chi connectivity index (χ1n) is 11.2. The van der Waals surface area contributed by atoms with E-state index in [1.54, 1.807) is 26.2 Å². The third-order valence-electron chi connectivity index (χ3n) is 5.62. The second kappa shape index (κ2) is 11.8. The van der Waals surface area contributed by atoms with Crippen LogP contribution in [0.25, 0.3) is 0 Å². The Hall–Kier alpha value is -3.23. The van der Waals surface area contributed by atoms with Crippen LogP contribution in [0.5, 0.6) is 5.75 Å². The van der Waals surface area contributed by atoms with Gasteiger partial charge in [0.2, 0.25) is 6.41 Å². The van der Waals surface area contributed by atoms with E-state index in [0.717, 1.165) is 17.5 Å². The number of carbonyl (C=O) groups is 2. The van der Waals surface area contributed by atoms with Crippen molar-refractivity contribution in [2.75, 3.05) is 27.2 Å². The van der Waals surface area contributed by atoms with Crippen molar-refractivity contribution in [1.29, 1.82) is 0 Å². The first-order valence-corrected chi connectivity index (χ1v) is 11.6. The van der Waals surface area contributed by atoms with Crippen LogP contribution in [-0.2, 0) is 22.6 Å². The lowest BCUT2D eigenvalue weighted by molar-refractivity contribution is -0.128. The molecule has 0 saturated carbocycles. The van der Waals surface area contributed by atoms with Crippen LogP contribution in [0, 0.1) is 0 Å². The van der Waals surface area contributed by atoms with E-state index in [1.807, 2.05) is 48.2 Å². The number of carbonyl (C=O) groups excluding carboxylic acids is 2. The van der Waals surface area contributed by atoms with Crippen molar-refractivity contribution >= 4 is 23.9 Å². The van der Waals surface area contributed by atoms with Crippen LogP contribution in [0.3, 0.4) is 0 Å². The molecule has 2 N–H and O–H groups in total. The molecular weight excluding hydrogens is 456 g/mol. The molecule has 0 bridgehead atoms. The molecule has 2 amide bonds. The number of nitrogens with one attached hydrogen (secondary N) is 1. The van der Waals surface area contributed by atoms with Crippen molar-refractivity contribution < 1.29 is 19.4 Å². The standard InChI is InChI=1S/C25H31ClN4O4/c1-4-19-8-5-6-9-21(19)34-25-27-23(29(3)17-32)22(24(33)28(2)14-7-15-31)30(25)16-18-10-12-20(26)13-11-18/h5-6,8-13,17,25,27,31H,4,7,14-16H2,1-3H3. The number of benzene rings is 2. The molecule has 2 aromatic rings. The highest BCUT2D eigenvalue weighted by molar-refractivity contribution is 6.30. The third kappa shape index (κ3) is 5.81. The summed E-state index contributed by atoms with van der Waals surface area (Å²) in [7, 11) is 3.25. The highest BCUT2D eigenvalue weighted by atomic mass is 35.5. The van der Waals surface area contributed by atoms with Crippen molar-refractivity contribution in [3.8, 4) is 5.75 Å². The summed E-state index contributed by atoms with van der Waals surface area (Å²) in [4.78, 5) is 29.9. The molecule has 3 rings (SSSR count). The van der Waals surface area contributed by atoms with Crippen molar-refractivity contribution in [2.45, 2.75) is 32.7 Å². The number of nitrogens with zero attached hydrogens (tertiary/aromatic N) is 3. The maximum atomic E-state index is 13.5. The molecule has 1 atom stereocenters. The predicted octanol–water partition coefficient (Wildman–Crippen LogP) is 2.77. The smallest absolute Gasteiger partial charge is 0.273 e. The van der Waals surface area contributed by atoms with Crippen LogP contribution in [-0.4, -0.2) is 65.7 Å². The number of halogens is 1. The molecule has 2 aromatic carbocycles. The Labute approximate surface area is 205 Å². The monoisotopic (exact) mass is 486 g/mol. The van der Waals surface area contributed by atoms with Gasteiger partial charge in [-0.25, -0.2) is 0 Å². The van der Waals surface area contributed by atoms with E-state index in [4.69, 9.17) is 16.3 Å². The number of amides is 2. The molecular formula is C25H31ClN4O4. The summed E-state index contributed by atoms with van der Waals surface area (Å²) in [5.74, 6) is 0.760. The molecule has 0 saturated heterocycles. The van der Waals surface area contributed by atoms with E-state index in [-0.39, 0.29) is 12.5 Å². The summed E-state index contributed by atoms with van der Waals surface area (Å²) in [5, 5.41) is 13.0. The van der Waals surface area contributed by atoms with Gasteiger partial charge in [0, 0.05) is 38.8 Å². The highest BCUT2D eigenvalue weighted by Crippen LogP contribution is 2.29. The van der Waals surface area contributed by atoms with E-state index in [9.17, 15) is 14.7 Å². The van der Waals surface area contributed by atoms with Crippen molar-refractivity contribution in [3.05, 3.63) is 76.2 Å². The Bertz CT molecular complexity index is 1030. The lowest BCUT2D eigenvalue weighted by Gasteiger charge is -2.30. The summed E-state index contributed by atoms with van der Waals surface area (Å²) in [6.45, 7) is 2.73. The Balaban J connectivity index is 2.02. The van der Waals surface area contributed by atoms with Crippen molar-refractivity contribution in [1.82, 2.24) is 20.0 Å². The van der Waals surface area contributed by atoms with Gasteiger partial charge in [-0.3, -0.25) is 9.59 Å². The number of para-hydroxylation sites is 1. The average molecular weight is 487 g/mol. The number of aliphatic hydroxyl groups excluding tert-OH is 1. The number of ether oxygens (including phenoxy) is 1. The Morgan fingerprint density at radius 3 is 2.56 bits per heavy atom. The SMILES string of the molecule is CCc1ccccc1OC1NC(N(C)C=O)=C(C(=O)N(C)CCCO)N1Cc1ccc(Cl)cc1. The van der Waals surface area contributed by atoms with Crippen LogP contribution in [0.2, 0.25) is 5.02 Å². The van der Waals surface area contributed by atoms with Gasteiger partial charge in [0.05, 0.1) is 0 Å². The zero-order valence-electron chi connectivity index (χ0n) is 19.7. The molecule has 34 heavy (non-hydrogen) atoms. The number of aliphatic hydroxyl groups is 1. The molecule has 0 aromatic heterocycles. The largest absolute Gasteiger partial charge is 0.452 e. The molecule has 1 aliphatic rings. The van der Waals surface area contributed by atoms with E-state index in [2.05, 4.69) is 5.32 Å². The average Bonchev–Trinajstić information content (AvgIpc) is 3.20. The Morgan fingerprint density at radius 1 is 1.21 bits per heavy atom. The van der Waals surface area contributed by atoms with E-state index in [0.29, 0.717) is 48.2 Å². The second-order valence-corrected chi connectivity index (χ2v) is 8.48. The molecule has 1 heterocycles. The summed E-state index contributed by atoms with van der Waals surface area (Å²) in [6.07, 6.45) is 1.14. The van der Waals surface area contributed by atoms with Crippen LogP contribution in [0.15, 0.2) is 60.0 Å². The number of hydrogen-bond acceptors (Lipinski definition) is 6.